The highest BCUT2D eigenvalue weighted by Crippen LogP contribution is 2.42. The quantitative estimate of drug-likeness (QED) is 0.378. The predicted molar refractivity (Wildman–Crippen MR) is 147 cm³/mol. The molecule has 4 heterocycles. The number of nitrogens with zero attached hydrogens (tertiary/aromatic N) is 3. The van der Waals surface area contributed by atoms with Crippen molar-refractivity contribution in [2.75, 3.05) is 16.8 Å². The summed E-state index contributed by atoms with van der Waals surface area (Å²) in [7, 11) is 0. The number of hydrogen-bond acceptors (Lipinski definition) is 6. The molecule has 0 saturated carbocycles. The highest BCUT2D eigenvalue weighted by Gasteiger charge is 2.42. The summed E-state index contributed by atoms with van der Waals surface area (Å²) in [6.45, 7) is 11.9. The molecular formula is C29H35N5OS. The second-order valence-electron chi connectivity index (χ2n) is 11.5. The Morgan fingerprint density at radius 1 is 1.00 bits per heavy atom. The van der Waals surface area contributed by atoms with E-state index in [1.165, 1.54) is 17.5 Å². The summed E-state index contributed by atoms with van der Waals surface area (Å²) in [5.74, 6) is 1.86. The second kappa shape index (κ2) is 9.43. The number of pyridine rings is 2. The standard InChI is InChI=1S/C29H35N5OS/c1-28(2,3)23-15-14-21-26(31-23)34-18-19(17-29(34,4)5)16-22(20-10-7-6-8-11-20)30-24-12-9-13-25(32-24)36-33-27(21)35/h6-15,19,22H,16-18H2,1-5H3,(H,30,32)(H,33,35)/t19-,22?/m0/s1. The van der Waals surface area contributed by atoms with Crippen molar-refractivity contribution in [3.05, 3.63) is 77.5 Å². The minimum Gasteiger partial charge on any atom is -0.363 e. The van der Waals surface area contributed by atoms with Crippen molar-refractivity contribution in [3.63, 3.8) is 0 Å². The second-order valence-corrected chi connectivity index (χ2v) is 12.4. The number of hydrogen-bond donors (Lipinski definition) is 2. The minimum atomic E-state index is -0.151. The van der Waals surface area contributed by atoms with Crippen LogP contribution in [0.1, 0.15) is 75.1 Å². The zero-order valence-electron chi connectivity index (χ0n) is 21.7. The van der Waals surface area contributed by atoms with Crippen LogP contribution in [0.2, 0.25) is 0 Å². The van der Waals surface area contributed by atoms with Crippen LogP contribution in [0.15, 0.2) is 65.7 Å². The van der Waals surface area contributed by atoms with Gasteiger partial charge in [0.1, 0.15) is 16.7 Å². The summed E-state index contributed by atoms with van der Waals surface area (Å²) in [6.07, 6.45) is 1.98. The molecule has 2 aliphatic rings. The Balaban J connectivity index is 1.60. The number of benzene rings is 1. The monoisotopic (exact) mass is 501 g/mol. The Morgan fingerprint density at radius 2 is 1.78 bits per heavy atom. The molecule has 0 aliphatic carbocycles. The molecule has 1 aromatic carbocycles. The van der Waals surface area contributed by atoms with Gasteiger partial charge in [0.25, 0.3) is 5.91 Å². The summed E-state index contributed by atoms with van der Waals surface area (Å²) in [5, 5.41) is 4.42. The smallest absolute Gasteiger partial charge is 0.265 e. The van der Waals surface area contributed by atoms with E-state index in [9.17, 15) is 4.79 Å². The van der Waals surface area contributed by atoms with Gasteiger partial charge in [-0.05, 0) is 62.4 Å². The molecule has 2 aromatic heterocycles. The predicted octanol–water partition coefficient (Wildman–Crippen LogP) is 6.37. The third kappa shape index (κ3) is 5.07. The highest BCUT2D eigenvalue weighted by atomic mass is 32.2. The lowest BCUT2D eigenvalue weighted by atomic mass is 9.89. The third-order valence-corrected chi connectivity index (χ3v) is 7.89. The normalized spacial score (nSPS) is 21.7. The lowest BCUT2D eigenvalue weighted by Crippen LogP contribution is -2.40. The highest BCUT2D eigenvalue weighted by molar-refractivity contribution is 7.97. The Morgan fingerprint density at radius 3 is 2.53 bits per heavy atom. The average Bonchev–Trinajstić information content (AvgIpc) is 3.15. The molecule has 1 unspecified atom stereocenters. The van der Waals surface area contributed by atoms with Gasteiger partial charge in [-0.25, -0.2) is 9.97 Å². The van der Waals surface area contributed by atoms with E-state index in [-0.39, 0.29) is 22.9 Å². The van der Waals surface area contributed by atoms with Gasteiger partial charge in [0.05, 0.1) is 11.6 Å². The molecule has 1 saturated heterocycles. The molecule has 1 fully saturated rings. The van der Waals surface area contributed by atoms with Crippen LogP contribution in [0, 0.1) is 5.92 Å². The molecule has 2 atom stereocenters. The number of amides is 1. The molecule has 7 heteroatoms. The minimum absolute atomic E-state index is 0.116. The maximum atomic E-state index is 13.4. The largest absolute Gasteiger partial charge is 0.363 e. The van der Waals surface area contributed by atoms with Crippen molar-refractivity contribution >= 4 is 29.5 Å². The first kappa shape index (κ1) is 24.6. The molecule has 4 bridgehead atoms. The zero-order chi connectivity index (χ0) is 25.5. The van der Waals surface area contributed by atoms with E-state index in [0.717, 1.165) is 41.7 Å². The molecule has 3 aromatic rings. The fourth-order valence-electron chi connectivity index (χ4n) is 5.35. The number of aromatic nitrogens is 2. The van der Waals surface area contributed by atoms with E-state index < -0.39 is 0 Å². The lowest BCUT2D eigenvalue weighted by Gasteiger charge is -2.34. The molecule has 188 valence electrons. The van der Waals surface area contributed by atoms with Crippen molar-refractivity contribution in [1.29, 1.82) is 0 Å². The van der Waals surface area contributed by atoms with Gasteiger partial charge in [-0.15, -0.1) is 0 Å². The Kier molecular flexibility index (Phi) is 6.45. The third-order valence-electron chi connectivity index (χ3n) is 7.17. The molecular weight excluding hydrogens is 466 g/mol. The van der Waals surface area contributed by atoms with Crippen molar-refractivity contribution < 1.29 is 4.79 Å². The van der Waals surface area contributed by atoms with Gasteiger partial charge in [0.2, 0.25) is 0 Å². The first-order valence-corrected chi connectivity index (χ1v) is 13.5. The average molecular weight is 502 g/mol. The van der Waals surface area contributed by atoms with Crippen LogP contribution in [0.25, 0.3) is 0 Å². The summed E-state index contributed by atoms with van der Waals surface area (Å²) >= 11 is 1.24. The van der Waals surface area contributed by atoms with Crippen molar-refractivity contribution in [2.24, 2.45) is 5.92 Å². The van der Waals surface area contributed by atoms with Gasteiger partial charge >= 0.3 is 0 Å². The maximum absolute atomic E-state index is 13.4. The van der Waals surface area contributed by atoms with Gasteiger partial charge in [-0.1, -0.05) is 57.2 Å². The lowest BCUT2D eigenvalue weighted by molar-refractivity contribution is 0.0984. The number of carbonyl (C=O) groups is 1. The first-order chi connectivity index (χ1) is 17.1. The van der Waals surface area contributed by atoms with E-state index in [2.05, 4.69) is 79.9 Å². The van der Waals surface area contributed by atoms with E-state index in [4.69, 9.17) is 9.97 Å². The van der Waals surface area contributed by atoms with Gasteiger partial charge in [0.15, 0.2) is 0 Å². The molecule has 5 rings (SSSR count). The van der Waals surface area contributed by atoms with Gasteiger partial charge < -0.3 is 10.2 Å². The van der Waals surface area contributed by atoms with Crippen LogP contribution in [0.4, 0.5) is 11.6 Å². The molecule has 0 radical (unpaired) electrons. The van der Waals surface area contributed by atoms with Crippen LogP contribution in [-0.4, -0.2) is 28.0 Å². The van der Waals surface area contributed by atoms with Crippen molar-refractivity contribution in [1.82, 2.24) is 14.7 Å². The van der Waals surface area contributed by atoms with Crippen LogP contribution in [0.3, 0.4) is 0 Å². The molecule has 2 aliphatic heterocycles. The summed E-state index contributed by atoms with van der Waals surface area (Å²) in [4.78, 5) is 25.7. The number of anilines is 2. The van der Waals surface area contributed by atoms with Crippen LogP contribution < -0.4 is 14.9 Å². The van der Waals surface area contributed by atoms with E-state index in [0.29, 0.717) is 11.5 Å². The van der Waals surface area contributed by atoms with E-state index in [1.54, 1.807) is 0 Å². The first-order valence-electron chi connectivity index (χ1n) is 12.6. The van der Waals surface area contributed by atoms with E-state index in [1.807, 2.05) is 30.3 Å². The maximum Gasteiger partial charge on any atom is 0.265 e. The van der Waals surface area contributed by atoms with Crippen molar-refractivity contribution in [3.8, 4) is 0 Å². The Labute approximate surface area is 218 Å². The van der Waals surface area contributed by atoms with E-state index >= 15 is 0 Å². The van der Waals surface area contributed by atoms with Gasteiger partial charge in [-0.3, -0.25) is 9.52 Å². The summed E-state index contributed by atoms with van der Waals surface area (Å²) in [6, 6.07) is 20.5. The summed E-state index contributed by atoms with van der Waals surface area (Å²) < 4.78 is 3.01. The molecule has 0 spiro atoms. The van der Waals surface area contributed by atoms with Gasteiger partial charge in [0, 0.05) is 35.1 Å². The summed E-state index contributed by atoms with van der Waals surface area (Å²) in [5.41, 5.74) is 2.60. The number of rotatable bonds is 1. The fourth-order valence-corrected chi connectivity index (χ4v) is 5.95. The SMILES string of the molecule is CC(C)(C)c1ccc2c(n1)N1C[C@@H](CC(c3ccccc3)Nc3cccc(n3)SNC2=O)CC1(C)C. The Bertz CT molecular complexity index is 1250. The zero-order valence-corrected chi connectivity index (χ0v) is 22.5. The molecule has 2 N–H and O–H groups in total. The topological polar surface area (TPSA) is 70.2 Å². The molecule has 36 heavy (non-hydrogen) atoms. The van der Waals surface area contributed by atoms with Crippen molar-refractivity contribution in [2.45, 2.75) is 69.5 Å². The van der Waals surface area contributed by atoms with Crippen LogP contribution >= 0.6 is 11.9 Å². The number of fused-ring (bicyclic) bond motifs is 6. The van der Waals surface area contributed by atoms with Gasteiger partial charge in [-0.2, -0.15) is 0 Å². The molecule has 6 nitrogen and oxygen atoms in total. The number of carbonyl (C=O) groups excluding carboxylic acids is 1. The fraction of sp³-hybridized carbons (Fsp3) is 0.414. The number of nitrogens with one attached hydrogen (secondary N) is 2. The van der Waals surface area contributed by atoms with Crippen LogP contribution in [-0.2, 0) is 5.41 Å². The molecule has 1 amide bonds. The Hall–Kier alpha value is -3.06. The van der Waals surface area contributed by atoms with Crippen LogP contribution in [0.5, 0.6) is 0 Å².